The molecule has 7 rings (SSSR count). The number of aromatic nitrogens is 5. The molecule has 0 saturated heterocycles. The van der Waals surface area contributed by atoms with Crippen molar-refractivity contribution in [3.05, 3.63) is 146 Å². The highest BCUT2D eigenvalue weighted by atomic mass is 32.1. The van der Waals surface area contributed by atoms with Crippen molar-refractivity contribution in [2.75, 3.05) is 0 Å². The van der Waals surface area contributed by atoms with Gasteiger partial charge in [0.2, 0.25) is 4.96 Å². The Bertz CT molecular complexity index is 2170. The number of fused-ring (bicyclic) bond motifs is 1. The van der Waals surface area contributed by atoms with E-state index in [0.717, 1.165) is 50.5 Å². The fraction of sp³-hybridized carbons (Fsp3) is 0.0857. The number of nitrogens with zero attached hydrogens (tertiary/aromatic N) is 5. The van der Waals surface area contributed by atoms with Gasteiger partial charge >= 0.3 is 0 Å². The summed E-state index contributed by atoms with van der Waals surface area (Å²) >= 11 is 1.32. The van der Waals surface area contributed by atoms with Crippen molar-refractivity contribution in [1.82, 2.24) is 24.4 Å². The zero-order valence-electron chi connectivity index (χ0n) is 23.6. The van der Waals surface area contributed by atoms with E-state index < -0.39 is 0 Å². The number of aryl methyl sites for hydroxylation is 2. The number of rotatable bonds is 7. The molecule has 0 N–H and O–H groups in total. The third-order valence-electron chi connectivity index (χ3n) is 7.23. The lowest BCUT2D eigenvalue weighted by molar-refractivity contribution is 0.304. The van der Waals surface area contributed by atoms with Crippen LogP contribution in [0.25, 0.3) is 39.4 Å². The topological polar surface area (TPSA) is 74.3 Å². The third kappa shape index (κ3) is 5.36. The van der Waals surface area contributed by atoms with Gasteiger partial charge < -0.3 is 4.74 Å². The Hall–Kier alpha value is -5.34. The molecule has 0 amide bonds. The first-order chi connectivity index (χ1) is 21.0. The zero-order valence-corrected chi connectivity index (χ0v) is 24.5. The van der Waals surface area contributed by atoms with Gasteiger partial charge in [-0.1, -0.05) is 89.7 Å². The summed E-state index contributed by atoms with van der Waals surface area (Å²) in [4.78, 5) is 18.6. The monoisotopic (exact) mass is 581 g/mol. The number of ether oxygens (including phenoxy) is 1. The first-order valence-electron chi connectivity index (χ1n) is 13.9. The number of thiazole rings is 1. The van der Waals surface area contributed by atoms with Crippen molar-refractivity contribution >= 4 is 22.4 Å². The molecule has 0 unspecified atom stereocenters. The van der Waals surface area contributed by atoms with Gasteiger partial charge in [-0.25, -0.2) is 4.68 Å². The molecule has 0 bridgehead atoms. The predicted molar refractivity (Wildman–Crippen MR) is 171 cm³/mol. The van der Waals surface area contributed by atoms with Gasteiger partial charge in [0.15, 0.2) is 5.82 Å². The zero-order chi connectivity index (χ0) is 29.3. The molecule has 0 radical (unpaired) electrons. The van der Waals surface area contributed by atoms with Crippen LogP contribution in [-0.4, -0.2) is 24.4 Å². The summed E-state index contributed by atoms with van der Waals surface area (Å²) in [5.41, 5.74) is 7.38. The van der Waals surface area contributed by atoms with Gasteiger partial charge in [0, 0.05) is 22.9 Å². The second-order valence-corrected chi connectivity index (χ2v) is 11.4. The smallest absolute Gasteiger partial charge is 0.291 e. The van der Waals surface area contributed by atoms with E-state index in [1.807, 2.05) is 128 Å². The van der Waals surface area contributed by atoms with Crippen LogP contribution < -0.4 is 14.8 Å². The van der Waals surface area contributed by atoms with Crippen LogP contribution in [0.4, 0.5) is 0 Å². The molecule has 43 heavy (non-hydrogen) atoms. The molecule has 7 aromatic rings. The minimum absolute atomic E-state index is 0.204. The number of para-hydroxylation sites is 1. The maximum absolute atomic E-state index is 13.4. The second kappa shape index (κ2) is 11.2. The second-order valence-electron chi connectivity index (χ2n) is 10.4. The molecule has 8 heteroatoms. The molecule has 210 valence electrons. The van der Waals surface area contributed by atoms with Gasteiger partial charge in [0.1, 0.15) is 18.1 Å². The minimum atomic E-state index is -0.204. The maximum Gasteiger partial charge on any atom is 0.291 e. The molecule has 3 heterocycles. The van der Waals surface area contributed by atoms with Gasteiger partial charge in [0.05, 0.1) is 10.2 Å². The van der Waals surface area contributed by atoms with Crippen LogP contribution in [0.15, 0.2) is 114 Å². The van der Waals surface area contributed by atoms with Gasteiger partial charge in [-0.3, -0.25) is 4.79 Å². The first kappa shape index (κ1) is 26.6. The molecule has 0 aliphatic rings. The standard InChI is InChI=1S/C35H27N5O2S/c1-23-13-15-26(16-14-23)33-36-35-40(38-33)34(41)31(43-35)20-28-21-39(29-11-7-4-8-12-29)37-32(28)27-17-18-30(24(2)19-27)42-22-25-9-5-3-6-10-25/h3-21H,22H2,1-2H3. The molecule has 0 fully saturated rings. The summed E-state index contributed by atoms with van der Waals surface area (Å²) in [6.45, 7) is 4.56. The van der Waals surface area contributed by atoms with Crippen LogP contribution >= 0.6 is 11.3 Å². The van der Waals surface area contributed by atoms with Gasteiger partial charge in [-0.05, 0) is 61.4 Å². The average molecular weight is 582 g/mol. The summed E-state index contributed by atoms with van der Waals surface area (Å²) in [5.74, 6) is 1.36. The van der Waals surface area contributed by atoms with Crippen LogP contribution in [0.3, 0.4) is 0 Å². The first-order valence-corrected chi connectivity index (χ1v) is 14.7. The van der Waals surface area contributed by atoms with Crippen molar-refractivity contribution in [1.29, 1.82) is 0 Å². The van der Waals surface area contributed by atoms with Gasteiger partial charge in [-0.2, -0.15) is 14.6 Å². The van der Waals surface area contributed by atoms with Crippen LogP contribution in [0.2, 0.25) is 0 Å². The number of hydrogen-bond acceptors (Lipinski definition) is 6. The Labute approximate surface area is 252 Å². The molecular formula is C35H27N5O2S. The van der Waals surface area contributed by atoms with Gasteiger partial charge in [0.25, 0.3) is 5.56 Å². The normalized spacial score (nSPS) is 11.8. The molecule has 0 atom stereocenters. The quantitative estimate of drug-likeness (QED) is 0.217. The Morgan fingerprint density at radius 3 is 2.28 bits per heavy atom. The molecule has 0 saturated carbocycles. The van der Waals surface area contributed by atoms with Crippen LogP contribution in [0.5, 0.6) is 5.75 Å². The van der Waals surface area contributed by atoms with Crippen LogP contribution in [-0.2, 0) is 6.61 Å². The lowest BCUT2D eigenvalue weighted by Gasteiger charge is -2.10. The van der Waals surface area contributed by atoms with E-state index in [2.05, 4.69) is 16.1 Å². The highest BCUT2D eigenvalue weighted by Crippen LogP contribution is 2.29. The molecule has 4 aromatic carbocycles. The SMILES string of the molecule is Cc1ccc(-c2nc3sc(=Cc4cn(-c5ccccc5)nc4-c4ccc(OCc5ccccc5)c(C)c4)c(=O)n3n2)cc1. The summed E-state index contributed by atoms with van der Waals surface area (Å²) in [7, 11) is 0. The molecule has 3 aromatic heterocycles. The van der Waals surface area contributed by atoms with Crippen molar-refractivity contribution in [2.45, 2.75) is 20.5 Å². The van der Waals surface area contributed by atoms with Crippen molar-refractivity contribution < 1.29 is 4.74 Å². The van der Waals surface area contributed by atoms with E-state index in [1.54, 1.807) is 0 Å². The van der Waals surface area contributed by atoms with E-state index in [1.165, 1.54) is 15.9 Å². The summed E-state index contributed by atoms with van der Waals surface area (Å²) in [5, 5.41) is 9.47. The fourth-order valence-corrected chi connectivity index (χ4v) is 5.82. The Kier molecular flexibility index (Phi) is 6.89. The van der Waals surface area contributed by atoms with E-state index in [9.17, 15) is 4.79 Å². The Morgan fingerprint density at radius 1 is 0.837 bits per heavy atom. The summed E-state index contributed by atoms with van der Waals surface area (Å²) in [6, 6.07) is 34.1. The average Bonchev–Trinajstić information content (AvgIpc) is 3.73. The number of benzene rings is 4. The lowest BCUT2D eigenvalue weighted by atomic mass is 10.0. The molecular weight excluding hydrogens is 554 g/mol. The van der Waals surface area contributed by atoms with Crippen molar-refractivity contribution in [2.24, 2.45) is 0 Å². The van der Waals surface area contributed by atoms with E-state index in [4.69, 9.17) is 9.84 Å². The predicted octanol–water partition coefficient (Wildman–Crippen LogP) is 6.41. The number of hydrogen-bond donors (Lipinski definition) is 0. The molecule has 0 aliphatic heterocycles. The van der Waals surface area contributed by atoms with E-state index >= 15 is 0 Å². The minimum Gasteiger partial charge on any atom is -0.489 e. The highest BCUT2D eigenvalue weighted by molar-refractivity contribution is 7.15. The largest absolute Gasteiger partial charge is 0.489 e. The van der Waals surface area contributed by atoms with Gasteiger partial charge in [-0.15, -0.1) is 5.10 Å². The Balaban J connectivity index is 1.27. The summed E-state index contributed by atoms with van der Waals surface area (Å²) < 4.78 is 9.88. The molecule has 7 nitrogen and oxygen atoms in total. The third-order valence-corrected chi connectivity index (χ3v) is 8.19. The Morgan fingerprint density at radius 2 is 1.56 bits per heavy atom. The van der Waals surface area contributed by atoms with E-state index in [-0.39, 0.29) is 5.56 Å². The highest BCUT2D eigenvalue weighted by Gasteiger charge is 2.16. The fourth-order valence-electron chi connectivity index (χ4n) is 4.92. The summed E-state index contributed by atoms with van der Waals surface area (Å²) in [6.07, 6.45) is 3.83. The van der Waals surface area contributed by atoms with Crippen molar-refractivity contribution in [3.63, 3.8) is 0 Å². The molecule has 0 spiro atoms. The lowest BCUT2D eigenvalue weighted by Crippen LogP contribution is -2.23. The molecule has 0 aliphatic carbocycles. The van der Waals surface area contributed by atoms with Crippen LogP contribution in [0.1, 0.15) is 22.3 Å². The maximum atomic E-state index is 13.4. The van der Waals surface area contributed by atoms with Crippen LogP contribution in [0, 0.1) is 13.8 Å². The van der Waals surface area contributed by atoms with E-state index in [0.29, 0.717) is 21.9 Å². The van der Waals surface area contributed by atoms with Crippen molar-refractivity contribution in [3.8, 4) is 34.1 Å².